The van der Waals surface area contributed by atoms with Gasteiger partial charge in [0.25, 0.3) is 5.91 Å². The number of carbonyl (C=O) groups excluding carboxylic acids is 1. The van der Waals surface area contributed by atoms with E-state index in [4.69, 9.17) is 9.68 Å². The van der Waals surface area contributed by atoms with Crippen molar-refractivity contribution in [3.63, 3.8) is 0 Å². The molecule has 2 unspecified atom stereocenters. The Morgan fingerprint density at radius 3 is 2.48 bits per heavy atom. The first-order chi connectivity index (χ1) is 15.1. The predicted molar refractivity (Wildman–Crippen MR) is 121 cm³/mol. The van der Waals surface area contributed by atoms with Crippen molar-refractivity contribution in [1.82, 2.24) is 5.32 Å². The van der Waals surface area contributed by atoms with Gasteiger partial charge in [-0.2, -0.15) is 0 Å². The molecule has 0 aromatic heterocycles. The average Bonchev–Trinajstić information content (AvgIpc) is 3.71. The fourth-order valence-corrected chi connectivity index (χ4v) is 4.63. The van der Waals surface area contributed by atoms with Crippen LogP contribution in [-0.4, -0.2) is 31.5 Å². The number of nitrogens with one attached hydrogen (secondary N) is 1. The van der Waals surface area contributed by atoms with E-state index in [1.165, 1.54) is 25.5 Å². The van der Waals surface area contributed by atoms with Gasteiger partial charge in [0, 0.05) is 23.6 Å². The Morgan fingerprint density at radius 1 is 1.10 bits per heavy atom. The van der Waals surface area contributed by atoms with Gasteiger partial charge < -0.3 is 15.0 Å². The molecule has 0 heterocycles. The molecule has 162 valence electrons. The summed E-state index contributed by atoms with van der Waals surface area (Å²) in [5.41, 5.74) is 4.03. The average molecular weight is 420 g/mol. The molecular weight excluding hydrogens is 390 g/mol. The molecule has 2 aromatic rings. The number of nitrogens with zero attached hydrogens (tertiary/aromatic N) is 2. The van der Waals surface area contributed by atoms with E-state index in [0.29, 0.717) is 11.5 Å². The van der Waals surface area contributed by atoms with Gasteiger partial charge in [0.1, 0.15) is 13.7 Å². The zero-order chi connectivity index (χ0) is 21.8. The highest BCUT2D eigenvalue weighted by Gasteiger charge is 2.62. The first-order valence-corrected chi connectivity index (χ1v) is 10.8. The summed E-state index contributed by atoms with van der Waals surface area (Å²) in [6.07, 6.45) is 3.78. The number of likely N-dealkylation sites (N-methyl/N-ethyl adjacent to an activating group) is 1. The molecular formula is C25H29N3O3. The SMILES string of the molecule is CNC(=O)C(=NOC)c1ccccc1CON=C(C)C1(c2ccccc2)CC1C1CC1. The highest BCUT2D eigenvalue weighted by Crippen LogP contribution is 2.64. The van der Waals surface area contributed by atoms with Gasteiger partial charge in [-0.25, -0.2) is 0 Å². The second-order valence-corrected chi connectivity index (χ2v) is 8.29. The maximum Gasteiger partial charge on any atom is 0.273 e. The Labute approximate surface area is 183 Å². The van der Waals surface area contributed by atoms with Crippen molar-refractivity contribution in [3.8, 4) is 0 Å². The third kappa shape index (κ3) is 4.20. The largest absolute Gasteiger partial charge is 0.398 e. The molecule has 2 fully saturated rings. The van der Waals surface area contributed by atoms with Crippen LogP contribution in [0.1, 0.15) is 42.9 Å². The minimum absolute atomic E-state index is 0.00723. The van der Waals surface area contributed by atoms with Crippen LogP contribution in [-0.2, 0) is 26.5 Å². The molecule has 6 nitrogen and oxygen atoms in total. The third-order valence-corrected chi connectivity index (χ3v) is 6.46. The molecule has 4 rings (SSSR count). The van der Waals surface area contributed by atoms with E-state index < -0.39 is 0 Å². The van der Waals surface area contributed by atoms with Crippen LogP contribution in [0.5, 0.6) is 0 Å². The molecule has 2 aliphatic carbocycles. The van der Waals surface area contributed by atoms with Gasteiger partial charge in [-0.15, -0.1) is 0 Å². The fourth-order valence-electron chi connectivity index (χ4n) is 4.63. The standard InChI is InChI=1S/C25H29N3O3/c1-17(25(15-22(25)18-13-14-18)20-10-5-4-6-11-20)27-31-16-19-9-7-8-12-21(19)23(28-30-3)24(29)26-2/h4-12,18,22H,13-16H2,1-3H3,(H,26,29). The van der Waals surface area contributed by atoms with Crippen LogP contribution in [0.25, 0.3) is 0 Å². The minimum atomic E-state index is -0.317. The van der Waals surface area contributed by atoms with Crippen molar-refractivity contribution < 1.29 is 14.5 Å². The van der Waals surface area contributed by atoms with Crippen molar-refractivity contribution in [1.29, 1.82) is 0 Å². The number of hydrogen-bond acceptors (Lipinski definition) is 5. The number of carbonyl (C=O) groups is 1. The molecule has 0 aliphatic heterocycles. The van der Waals surface area contributed by atoms with Gasteiger partial charge in [0.15, 0.2) is 5.71 Å². The van der Waals surface area contributed by atoms with E-state index in [-0.39, 0.29) is 23.6 Å². The monoisotopic (exact) mass is 419 g/mol. The highest BCUT2D eigenvalue weighted by molar-refractivity contribution is 6.45. The number of oxime groups is 2. The summed E-state index contributed by atoms with van der Waals surface area (Å²) in [5, 5.41) is 11.1. The molecule has 0 saturated heterocycles. The second kappa shape index (κ2) is 8.92. The summed E-state index contributed by atoms with van der Waals surface area (Å²) < 4.78 is 0. The van der Waals surface area contributed by atoms with Crippen molar-refractivity contribution in [2.75, 3.05) is 14.2 Å². The minimum Gasteiger partial charge on any atom is -0.398 e. The quantitative estimate of drug-likeness (QED) is 0.492. The zero-order valence-electron chi connectivity index (χ0n) is 18.3. The summed E-state index contributed by atoms with van der Waals surface area (Å²) in [6.45, 7) is 2.32. The summed E-state index contributed by atoms with van der Waals surface area (Å²) in [6, 6.07) is 18.2. The van der Waals surface area contributed by atoms with E-state index >= 15 is 0 Å². The summed E-state index contributed by atoms with van der Waals surface area (Å²) in [4.78, 5) is 22.9. The van der Waals surface area contributed by atoms with E-state index in [0.717, 1.165) is 23.6 Å². The Kier molecular flexibility index (Phi) is 6.07. The van der Waals surface area contributed by atoms with Crippen LogP contribution >= 0.6 is 0 Å². The lowest BCUT2D eigenvalue weighted by Crippen LogP contribution is -2.29. The number of amides is 1. The molecule has 2 saturated carbocycles. The number of hydrogen-bond donors (Lipinski definition) is 1. The molecule has 31 heavy (non-hydrogen) atoms. The molecule has 1 N–H and O–H groups in total. The maximum atomic E-state index is 12.2. The number of rotatable bonds is 9. The van der Waals surface area contributed by atoms with Gasteiger partial charge in [0.2, 0.25) is 0 Å². The van der Waals surface area contributed by atoms with E-state index in [1.54, 1.807) is 7.05 Å². The lowest BCUT2D eigenvalue weighted by Gasteiger charge is -2.18. The number of benzene rings is 2. The molecule has 2 aromatic carbocycles. The van der Waals surface area contributed by atoms with Crippen molar-refractivity contribution in [3.05, 3.63) is 71.3 Å². The lowest BCUT2D eigenvalue weighted by atomic mass is 9.87. The second-order valence-electron chi connectivity index (χ2n) is 8.29. The molecule has 2 aliphatic rings. The molecule has 2 atom stereocenters. The molecule has 0 radical (unpaired) electrons. The Hall–Kier alpha value is -3.15. The van der Waals surface area contributed by atoms with Gasteiger partial charge in [-0.05, 0) is 43.6 Å². The summed E-state index contributed by atoms with van der Waals surface area (Å²) in [7, 11) is 2.99. The smallest absolute Gasteiger partial charge is 0.273 e. The normalized spacial score (nSPS) is 23.3. The van der Waals surface area contributed by atoms with Crippen LogP contribution in [0.4, 0.5) is 0 Å². The van der Waals surface area contributed by atoms with Crippen molar-refractivity contribution >= 4 is 17.3 Å². The van der Waals surface area contributed by atoms with Crippen LogP contribution in [0.15, 0.2) is 64.9 Å². The highest BCUT2D eigenvalue weighted by atomic mass is 16.6. The van der Waals surface area contributed by atoms with Crippen molar-refractivity contribution in [2.45, 2.75) is 38.2 Å². The first kappa shape index (κ1) is 21.1. The van der Waals surface area contributed by atoms with Crippen molar-refractivity contribution in [2.24, 2.45) is 22.1 Å². The Morgan fingerprint density at radius 2 is 1.81 bits per heavy atom. The summed E-state index contributed by atoms with van der Waals surface area (Å²) >= 11 is 0. The molecule has 0 spiro atoms. The maximum absolute atomic E-state index is 12.2. The van der Waals surface area contributed by atoms with Gasteiger partial charge in [-0.3, -0.25) is 4.79 Å². The molecule has 6 heteroatoms. The van der Waals surface area contributed by atoms with Crippen LogP contribution < -0.4 is 5.32 Å². The third-order valence-electron chi connectivity index (χ3n) is 6.46. The first-order valence-electron chi connectivity index (χ1n) is 10.8. The zero-order valence-corrected chi connectivity index (χ0v) is 18.3. The predicted octanol–water partition coefficient (Wildman–Crippen LogP) is 4.04. The van der Waals surface area contributed by atoms with E-state index in [2.05, 4.69) is 52.9 Å². The topological polar surface area (TPSA) is 72.3 Å². The fraction of sp³-hybridized carbons (Fsp3) is 0.400. The van der Waals surface area contributed by atoms with Crippen LogP contribution in [0.3, 0.4) is 0 Å². The Balaban J connectivity index is 1.54. The van der Waals surface area contributed by atoms with Crippen LogP contribution in [0, 0.1) is 11.8 Å². The van der Waals surface area contributed by atoms with E-state index in [9.17, 15) is 4.79 Å². The molecule has 0 bridgehead atoms. The lowest BCUT2D eigenvalue weighted by molar-refractivity contribution is -0.114. The van der Waals surface area contributed by atoms with Gasteiger partial charge in [0.05, 0.1) is 5.71 Å². The van der Waals surface area contributed by atoms with Crippen LogP contribution in [0.2, 0.25) is 0 Å². The summed E-state index contributed by atoms with van der Waals surface area (Å²) in [5.74, 6) is 1.15. The van der Waals surface area contributed by atoms with E-state index in [1.807, 2.05) is 24.3 Å². The Bertz CT molecular complexity index is 998. The molecule has 1 amide bonds. The van der Waals surface area contributed by atoms with Gasteiger partial charge >= 0.3 is 0 Å². The van der Waals surface area contributed by atoms with Gasteiger partial charge in [-0.1, -0.05) is 64.9 Å².